The van der Waals surface area contributed by atoms with E-state index in [9.17, 15) is 5.11 Å². The Balaban J connectivity index is 2.92. The third-order valence-electron chi connectivity index (χ3n) is 3.60. The Kier molecular flexibility index (Phi) is 6.11. The van der Waals surface area contributed by atoms with Gasteiger partial charge >= 0.3 is 0 Å². The third kappa shape index (κ3) is 4.10. The molecule has 0 saturated heterocycles. The highest BCUT2D eigenvalue weighted by Crippen LogP contribution is 2.34. The SMILES string of the molecule is CCC(N)C(O)CC(C)c1cc(Cl)c(C)cc1OC. The molecule has 3 unspecified atom stereocenters. The van der Waals surface area contributed by atoms with Gasteiger partial charge in [0.05, 0.1) is 13.2 Å². The van der Waals surface area contributed by atoms with E-state index in [2.05, 4.69) is 6.92 Å². The van der Waals surface area contributed by atoms with Crippen LogP contribution < -0.4 is 10.5 Å². The summed E-state index contributed by atoms with van der Waals surface area (Å²) in [5.41, 5.74) is 7.86. The van der Waals surface area contributed by atoms with Gasteiger partial charge in [-0.05, 0) is 48.9 Å². The van der Waals surface area contributed by atoms with Crippen LogP contribution >= 0.6 is 11.6 Å². The van der Waals surface area contributed by atoms with E-state index in [1.54, 1.807) is 7.11 Å². The normalized spacial score (nSPS) is 15.9. The van der Waals surface area contributed by atoms with Gasteiger partial charge in [0, 0.05) is 11.1 Å². The van der Waals surface area contributed by atoms with Crippen LogP contribution in [-0.4, -0.2) is 24.4 Å². The van der Waals surface area contributed by atoms with E-state index in [0.29, 0.717) is 6.42 Å². The van der Waals surface area contributed by atoms with Gasteiger partial charge in [-0.3, -0.25) is 0 Å². The lowest BCUT2D eigenvalue weighted by Gasteiger charge is -2.23. The van der Waals surface area contributed by atoms with Crippen LogP contribution in [0.4, 0.5) is 0 Å². The van der Waals surface area contributed by atoms with Crippen molar-refractivity contribution in [3.05, 3.63) is 28.3 Å². The van der Waals surface area contributed by atoms with Gasteiger partial charge in [-0.25, -0.2) is 0 Å². The molecule has 0 aliphatic carbocycles. The summed E-state index contributed by atoms with van der Waals surface area (Å²) >= 11 is 6.17. The molecule has 3 N–H and O–H groups in total. The molecule has 1 aromatic carbocycles. The first kappa shape index (κ1) is 16.3. The Labute approximate surface area is 120 Å². The quantitative estimate of drug-likeness (QED) is 0.843. The zero-order valence-electron chi connectivity index (χ0n) is 12.1. The van der Waals surface area contributed by atoms with E-state index >= 15 is 0 Å². The first-order chi connectivity index (χ1) is 8.90. The average molecular weight is 286 g/mol. The number of nitrogens with two attached hydrogens (primary N) is 1. The van der Waals surface area contributed by atoms with Gasteiger partial charge in [0.15, 0.2) is 0 Å². The zero-order valence-corrected chi connectivity index (χ0v) is 12.9. The number of methoxy groups -OCH3 is 1. The highest BCUT2D eigenvalue weighted by atomic mass is 35.5. The van der Waals surface area contributed by atoms with Crippen LogP contribution in [0.3, 0.4) is 0 Å². The second-order valence-electron chi connectivity index (χ2n) is 5.12. The van der Waals surface area contributed by atoms with E-state index in [-0.39, 0.29) is 12.0 Å². The molecule has 0 saturated carbocycles. The Morgan fingerprint density at radius 2 is 2.05 bits per heavy atom. The van der Waals surface area contributed by atoms with Crippen LogP contribution in [0.2, 0.25) is 5.02 Å². The zero-order chi connectivity index (χ0) is 14.6. The summed E-state index contributed by atoms with van der Waals surface area (Å²) in [5.74, 6) is 0.951. The molecule has 0 heterocycles. The minimum Gasteiger partial charge on any atom is -0.496 e. The molecule has 0 bridgehead atoms. The molecule has 0 spiro atoms. The Hall–Kier alpha value is -0.770. The number of halogens is 1. The fourth-order valence-corrected chi connectivity index (χ4v) is 2.34. The standard InChI is InChI=1S/C15H24ClNO2/c1-5-13(17)14(18)6-9(2)11-8-12(16)10(3)7-15(11)19-4/h7-9,13-14,18H,5-6,17H2,1-4H3. The van der Waals surface area contributed by atoms with Crippen molar-refractivity contribution in [3.8, 4) is 5.75 Å². The second kappa shape index (κ2) is 7.13. The number of hydrogen-bond acceptors (Lipinski definition) is 3. The molecular weight excluding hydrogens is 262 g/mol. The molecule has 0 aliphatic heterocycles. The van der Waals surface area contributed by atoms with Gasteiger partial charge in [0.2, 0.25) is 0 Å². The summed E-state index contributed by atoms with van der Waals surface area (Å²) in [6.45, 7) is 5.97. The number of hydrogen-bond donors (Lipinski definition) is 2. The van der Waals surface area contributed by atoms with Crippen molar-refractivity contribution < 1.29 is 9.84 Å². The molecule has 4 heteroatoms. The van der Waals surface area contributed by atoms with Gasteiger partial charge in [-0.1, -0.05) is 25.4 Å². The summed E-state index contributed by atoms with van der Waals surface area (Å²) in [6, 6.07) is 3.67. The van der Waals surface area contributed by atoms with Crippen molar-refractivity contribution in [1.29, 1.82) is 0 Å². The van der Waals surface area contributed by atoms with Gasteiger partial charge in [0.1, 0.15) is 5.75 Å². The first-order valence-corrected chi connectivity index (χ1v) is 7.06. The fourth-order valence-electron chi connectivity index (χ4n) is 2.17. The topological polar surface area (TPSA) is 55.5 Å². The molecular formula is C15H24ClNO2. The molecule has 0 amide bonds. The molecule has 0 fully saturated rings. The Morgan fingerprint density at radius 1 is 1.42 bits per heavy atom. The predicted molar refractivity (Wildman–Crippen MR) is 80.0 cm³/mol. The lowest BCUT2D eigenvalue weighted by atomic mass is 9.90. The number of aliphatic hydroxyl groups excluding tert-OH is 1. The van der Waals surface area contributed by atoms with E-state index in [0.717, 1.165) is 28.3 Å². The molecule has 108 valence electrons. The minimum atomic E-state index is -0.509. The molecule has 3 nitrogen and oxygen atoms in total. The molecule has 3 atom stereocenters. The highest BCUT2D eigenvalue weighted by Gasteiger charge is 2.20. The van der Waals surface area contributed by atoms with Gasteiger partial charge < -0.3 is 15.6 Å². The number of aliphatic hydroxyl groups is 1. The monoisotopic (exact) mass is 285 g/mol. The minimum absolute atomic E-state index is 0.139. The maximum atomic E-state index is 10.0. The Morgan fingerprint density at radius 3 is 2.58 bits per heavy atom. The third-order valence-corrected chi connectivity index (χ3v) is 4.01. The molecule has 1 rings (SSSR count). The number of aryl methyl sites for hydroxylation is 1. The van der Waals surface area contributed by atoms with Gasteiger partial charge in [-0.15, -0.1) is 0 Å². The van der Waals surface area contributed by atoms with E-state index in [1.807, 2.05) is 26.0 Å². The Bertz CT molecular complexity index is 423. The summed E-state index contributed by atoms with van der Waals surface area (Å²) in [4.78, 5) is 0. The lowest BCUT2D eigenvalue weighted by molar-refractivity contribution is 0.126. The smallest absolute Gasteiger partial charge is 0.122 e. The van der Waals surface area contributed by atoms with Crippen LogP contribution in [0.1, 0.15) is 43.7 Å². The number of rotatable bonds is 6. The molecule has 1 aromatic rings. The van der Waals surface area contributed by atoms with Crippen molar-refractivity contribution in [2.75, 3.05) is 7.11 Å². The lowest BCUT2D eigenvalue weighted by Crippen LogP contribution is -2.34. The van der Waals surface area contributed by atoms with Crippen LogP contribution in [0, 0.1) is 6.92 Å². The van der Waals surface area contributed by atoms with Crippen molar-refractivity contribution in [1.82, 2.24) is 0 Å². The fraction of sp³-hybridized carbons (Fsp3) is 0.600. The second-order valence-corrected chi connectivity index (χ2v) is 5.53. The molecule has 19 heavy (non-hydrogen) atoms. The largest absolute Gasteiger partial charge is 0.496 e. The maximum Gasteiger partial charge on any atom is 0.122 e. The van der Waals surface area contributed by atoms with Crippen LogP contribution in [0.25, 0.3) is 0 Å². The number of ether oxygens (including phenoxy) is 1. The predicted octanol–water partition coefficient (Wildman–Crippen LogP) is 3.25. The number of benzene rings is 1. The maximum absolute atomic E-state index is 10.0. The van der Waals surface area contributed by atoms with Crippen molar-refractivity contribution >= 4 is 11.6 Å². The van der Waals surface area contributed by atoms with Crippen molar-refractivity contribution in [3.63, 3.8) is 0 Å². The summed E-state index contributed by atoms with van der Waals surface area (Å²) in [6.07, 6.45) is 0.856. The summed E-state index contributed by atoms with van der Waals surface area (Å²) in [7, 11) is 1.65. The van der Waals surface area contributed by atoms with Gasteiger partial charge in [0.25, 0.3) is 0 Å². The van der Waals surface area contributed by atoms with Crippen LogP contribution in [0.15, 0.2) is 12.1 Å². The highest BCUT2D eigenvalue weighted by molar-refractivity contribution is 6.31. The van der Waals surface area contributed by atoms with E-state index in [1.165, 1.54) is 0 Å². The summed E-state index contributed by atoms with van der Waals surface area (Å²) < 4.78 is 5.40. The van der Waals surface area contributed by atoms with E-state index in [4.69, 9.17) is 22.1 Å². The molecule has 0 aliphatic rings. The summed E-state index contributed by atoms with van der Waals surface area (Å²) in [5, 5.41) is 10.8. The van der Waals surface area contributed by atoms with Crippen molar-refractivity contribution in [2.24, 2.45) is 5.73 Å². The first-order valence-electron chi connectivity index (χ1n) is 6.68. The molecule has 0 aromatic heterocycles. The van der Waals surface area contributed by atoms with Crippen LogP contribution in [0.5, 0.6) is 5.75 Å². The average Bonchev–Trinajstić information content (AvgIpc) is 2.39. The van der Waals surface area contributed by atoms with E-state index < -0.39 is 6.10 Å². The van der Waals surface area contributed by atoms with Crippen LogP contribution in [-0.2, 0) is 0 Å². The molecule has 0 radical (unpaired) electrons. The van der Waals surface area contributed by atoms with Gasteiger partial charge in [-0.2, -0.15) is 0 Å². The van der Waals surface area contributed by atoms with Crippen molar-refractivity contribution in [2.45, 2.75) is 51.7 Å².